The van der Waals surface area contributed by atoms with E-state index in [9.17, 15) is 5.11 Å². The van der Waals surface area contributed by atoms with Crippen LogP contribution in [0.2, 0.25) is 0 Å². The first kappa shape index (κ1) is 9.03. The van der Waals surface area contributed by atoms with Crippen LogP contribution in [0.1, 0.15) is 24.2 Å². The van der Waals surface area contributed by atoms with Crippen molar-refractivity contribution in [3.63, 3.8) is 0 Å². The molecular weight excluding hydrogens is 232 g/mol. The molecule has 0 spiro atoms. The molecule has 1 aliphatic heterocycles. The van der Waals surface area contributed by atoms with E-state index in [-0.39, 0.29) is 0 Å². The van der Waals surface area contributed by atoms with Crippen molar-refractivity contribution in [2.24, 2.45) is 0 Å². The van der Waals surface area contributed by atoms with Gasteiger partial charge >= 0.3 is 0 Å². The molecule has 70 valence electrons. The third-order valence-corrected chi connectivity index (χ3v) is 2.69. The summed E-state index contributed by atoms with van der Waals surface area (Å²) in [7, 11) is 0. The van der Waals surface area contributed by atoms with Gasteiger partial charge in [0.1, 0.15) is 5.75 Å². The van der Waals surface area contributed by atoms with Gasteiger partial charge in [0.2, 0.25) is 0 Å². The summed E-state index contributed by atoms with van der Waals surface area (Å²) in [6.45, 7) is 2.48. The molecule has 0 bridgehead atoms. The fourth-order valence-electron chi connectivity index (χ4n) is 1.61. The second-order valence-electron chi connectivity index (χ2n) is 3.26. The summed E-state index contributed by atoms with van der Waals surface area (Å²) >= 11 is 3.42. The lowest BCUT2D eigenvalue weighted by molar-refractivity contribution is 0.193. The number of hydrogen-bond acceptors (Lipinski definition) is 2. The zero-order valence-corrected chi connectivity index (χ0v) is 8.97. The SMILES string of the molecule is CC(O)c1cc(Br)cc2c1OCC2. The summed E-state index contributed by atoms with van der Waals surface area (Å²) in [6.07, 6.45) is 0.471. The van der Waals surface area contributed by atoms with Gasteiger partial charge in [-0.15, -0.1) is 0 Å². The Morgan fingerprint density at radius 3 is 3.00 bits per heavy atom. The Morgan fingerprint density at radius 1 is 1.54 bits per heavy atom. The smallest absolute Gasteiger partial charge is 0.128 e. The molecule has 0 saturated carbocycles. The minimum absolute atomic E-state index is 0.468. The molecule has 3 heteroatoms. The Balaban J connectivity index is 2.55. The molecule has 0 aliphatic carbocycles. The summed E-state index contributed by atoms with van der Waals surface area (Å²) in [5.41, 5.74) is 2.06. The molecule has 0 amide bonds. The monoisotopic (exact) mass is 242 g/mol. The maximum absolute atomic E-state index is 9.51. The fraction of sp³-hybridized carbons (Fsp3) is 0.400. The number of ether oxygens (including phenoxy) is 1. The molecule has 0 aromatic heterocycles. The van der Waals surface area contributed by atoms with Gasteiger partial charge in [-0.3, -0.25) is 0 Å². The molecule has 1 atom stereocenters. The molecule has 1 aromatic carbocycles. The standard InChI is InChI=1S/C10H11BrO2/c1-6(12)9-5-8(11)4-7-2-3-13-10(7)9/h4-6,12H,2-3H2,1H3. The van der Waals surface area contributed by atoms with E-state index in [4.69, 9.17) is 4.74 Å². The maximum atomic E-state index is 9.51. The molecule has 1 aliphatic rings. The van der Waals surface area contributed by atoms with Gasteiger partial charge in [-0.1, -0.05) is 15.9 Å². The van der Waals surface area contributed by atoms with E-state index in [1.54, 1.807) is 6.92 Å². The van der Waals surface area contributed by atoms with Crippen LogP contribution in [0.3, 0.4) is 0 Å². The molecule has 2 nitrogen and oxygen atoms in total. The highest BCUT2D eigenvalue weighted by atomic mass is 79.9. The lowest BCUT2D eigenvalue weighted by Crippen LogP contribution is -1.96. The molecule has 1 aromatic rings. The van der Waals surface area contributed by atoms with Crippen LogP contribution in [-0.2, 0) is 6.42 Å². The molecule has 1 unspecified atom stereocenters. The lowest BCUT2D eigenvalue weighted by Gasteiger charge is -2.10. The quantitative estimate of drug-likeness (QED) is 0.820. The fourth-order valence-corrected chi connectivity index (χ4v) is 2.13. The van der Waals surface area contributed by atoms with E-state index in [0.29, 0.717) is 0 Å². The molecule has 0 fully saturated rings. The van der Waals surface area contributed by atoms with Gasteiger partial charge < -0.3 is 9.84 Å². The van der Waals surface area contributed by atoms with Gasteiger partial charge in [-0.2, -0.15) is 0 Å². The summed E-state index contributed by atoms with van der Waals surface area (Å²) < 4.78 is 6.47. The highest BCUT2D eigenvalue weighted by molar-refractivity contribution is 9.10. The molecule has 0 saturated heterocycles. The summed E-state index contributed by atoms with van der Waals surface area (Å²) in [6, 6.07) is 3.96. The second kappa shape index (κ2) is 3.31. The first-order valence-corrected chi connectivity index (χ1v) is 5.11. The normalized spacial score (nSPS) is 16.5. The highest BCUT2D eigenvalue weighted by Gasteiger charge is 2.19. The van der Waals surface area contributed by atoms with E-state index in [1.807, 2.05) is 12.1 Å². The van der Waals surface area contributed by atoms with Crippen molar-refractivity contribution in [1.29, 1.82) is 0 Å². The van der Waals surface area contributed by atoms with Crippen molar-refractivity contribution in [2.75, 3.05) is 6.61 Å². The minimum Gasteiger partial charge on any atom is -0.493 e. The topological polar surface area (TPSA) is 29.5 Å². The van der Waals surface area contributed by atoms with Gasteiger partial charge in [0.15, 0.2) is 0 Å². The van der Waals surface area contributed by atoms with Crippen molar-refractivity contribution in [3.8, 4) is 5.75 Å². The maximum Gasteiger partial charge on any atom is 0.128 e. The number of benzene rings is 1. The first-order valence-electron chi connectivity index (χ1n) is 4.31. The van der Waals surface area contributed by atoms with Crippen LogP contribution in [0.25, 0.3) is 0 Å². The van der Waals surface area contributed by atoms with E-state index in [2.05, 4.69) is 15.9 Å². The van der Waals surface area contributed by atoms with Crippen LogP contribution in [0, 0.1) is 0 Å². The second-order valence-corrected chi connectivity index (χ2v) is 4.17. The Hall–Kier alpha value is -0.540. The summed E-state index contributed by atoms with van der Waals surface area (Å²) in [4.78, 5) is 0. The first-order chi connectivity index (χ1) is 6.18. The lowest BCUT2D eigenvalue weighted by atomic mass is 10.0. The summed E-state index contributed by atoms with van der Waals surface area (Å²) in [5.74, 6) is 0.873. The van der Waals surface area contributed by atoms with E-state index in [0.717, 1.165) is 28.8 Å². The minimum atomic E-state index is -0.468. The molecular formula is C10H11BrO2. The number of aliphatic hydroxyl groups is 1. The third-order valence-electron chi connectivity index (χ3n) is 2.23. The van der Waals surface area contributed by atoms with Crippen LogP contribution in [0.5, 0.6) is 5.75 Å². The Bertz CT molecular complexity index is 334. The summed E-state index contributed by atoms with van der Waals surface area (Å²) in [5, 5.41) is 9.51. The van der Waals surface area contributed by atoms with Gasteiger partial charge in [-0.25, -0.2) is 0 Å². The Morgan fingerprint density at radius 2 is 2.31 bits per heavy atom. The van der Waals surface area contributed by atoms with Crippen molar-refractivity contribution >= 4 is 15.9 Å². The predicted molar refractivity (Wildman–Crippen MR) is 54.0 cm³/mol. The Kier molecular flexibility index (Phi) is 2.30. The van der Waals surface area contributed by atoms with Crippen LogP contribution >= 0.6 is 15.9 Å². The predicted octanol–water partition coefficient (Wildman–Crippen LogP) is 2.44. The van der Waals surface area contributed by atoms with Gasteiger partial charge in [-0.05, 0) is 24.6 Å². The third kappa shape index (κ3) is 1.58. The van der Waals surface area contributed by atoms with Gasteiger partial charge in [0.25, 0.3) is 0 Å². The van der Waals surface area contributed by atoms with Crippen LogP contribution in [0.4, 0.5) is 0 Å². The number of halogens is 1. The van der Waals surface area contributed by atoms with Gasteiger partial charge in [0, 0.05) is 16.5 Å². The number of aliphatic hydroxyl groups excluding tert-OH is 1. The van der Waals surface area contributed by atoms with Crippen molar-refractivity contribution in [2.45, 2.75) is 19.4 Å². The number of rotatable bonds is 1. The van der Waals surface area contributed by atoms with Gasteiger partial charge in [0.05, 0.1) is 12.7 Å². The largest absolute Gasteiger partial charge is 0.493 e. The highest BCUT2D eigenvalue weighted by Crippen LogP contribution is 2.36. The number of hydrogen-bond donors (Lipinski definition) is 1. The van der Waals surface area contributed by atoms with E-state index in [1.165, 1.54) is 5.56 Å². The Labute approximate surface area is 85.7 Å². The van der Waals surface area contributed by atoms with E-state index >= 15 is 0 Å². The van der Waals surface area contributed by atoms with Crippen molar-refractivity contribution in [3.05, 3.63) is 27.7 Å². The van der Waals surface area contributed by atoms with Crippen molar-refractivity contribution in [1.82, 2.24) is 0 Å². The molecule has 1 heterocycles. The average Bonchev–Trinajstić information content (AvgIpc) is 2.49. The van der Waals surface area contributed by atoms with Crippen LogP contribution in [0.15, 0.2) is 16.6 Å². The van der Waals surface area contributed by atoms with Crippen LogP contribution in [-0.4, -0.2) is 11.7 Å². The number of fused-ring (bicyclic) bond motifs is 1. The molecule has 13 heavy (non-hydrogen) atoms. The molecule has 0 radical (unpaired) electrons. The van der Waals surface area contributed by atoms with Crippen molar-refractivity contribution < 1.29 is 9.84 Å². The van der Waals surface area contributed by atoms with Crippen LogP contribution < -0.4 is 4.74 Å². The zero-order valence-electron chi connectivity index (χ0n) is 7.38. The molecule has 1 N–H and O–H groups in total. The average molecular weight is 243 g/mol. The van der Waals surface area contributed by atoms with E-state index < -0.39 is 6.10 Å². The molecule has 2 rings (SSSR count). The zero-order chi connectivity index (χ0) is 9.42.